The second kappa shape index (κ2) is 5.11. The molecule has 0 aromatic heterocycles. The van der Waals surface area contributed by atoms with Crippen molar-refractivity contribution in [2.24, 2.45) is 0 Å². The summed E-state index contributed by atoms with van der Waals surface area (Å²) in [7, 11) is 0. The van der Waals surface area contributed by atoms with Crippen LogP contribution in [0.2, 0.25) is 0 Å². The average molecular weight is 203 g/mol. The molecule has 0 saturated heterocycles. The molecule has 54 valence electrons. The molecule has 0 spiro atoms. The van der Waals surface area contributed by atoms with Gasteiger partial charge < -0.3 is 0 Å². The number of rotatable bonds is 0. The number of hydrogen-bond acceptors (Lipinski definition) is 2. The van der Waals surface area contributed by atoms with E-state index in [4.69, 9.17) is 0 Å². The summed E-state index contributed by atoms with van der Waals surface area (Å²) in [5, 5.41) is 0. The second-order valence-corrected chi connectivity index (χ2v) is 1.47. The van der Waals surface area contributed by atoms with Gasteiger partial charge in [0.2, 0.25) is 0 Å². The van der Waals surface area contributed by atoms with Gasteiger partial charge in [0.1, 0.15) is 0 Å². The van der Waals surface area contributed by atoms with Crippen LogP contribution in [0.5, 0.6) is 0 Å². The van der Waals surface area contributed by atoms with Crippen molar-refractivity contribution in [3.63, 3.8) is 0 Å². The van der Waals surface area contributed by atoms with Crippen LogP contribution in [0, 0.1) is 0 Å². The lowest BCUT2D eigenvalue weighted by atomic mass is 10.2. The molecule has 0 saturated carbocycles. The van der Waals surface area contributed by atoms with Crippen LogP contribution in [-0.4, -0.2) is 17.4 Å². The fraction of sp³-hybridized carbons (Fsp3) is 0.143. The normalized spacial score (nSPS) is 14.6. The summed E-state index contributed by atoms with van der Waals surface area (Å²) in [5.74, 6) is 1.57. The van der Waals surface area contributed by atoms with Crippen LogP contribution in [0.3, 0.4) is 0 Å². The highest BCUT2D eigenvalue weighted by Gasteiger charge is 1.97. The molecular formula is C7H7BrO2. The van der Waals surface area contributed by atoms with Gasteiger partial charge in [-0.15, -0.1) is 0 Å². The zero-order valence-corrected chi connectivity index (χ0v) is 7.09. The third-order valence-electron chi connectivity index (χ3n) is 0.824. The number of alkyl halides is 1. The first-order chi connectivity index (χ1) is 4.79. The number of halogens is 1. The van der Waals surface area contributed by atoms with Crippen LogP contribution < -0.4 is 0 Å². The van der Waals surface area contributed by atoms with E-state index in [2.05, 4.69) is 15.9 Å². The van der Waals surface area contributed by atoms with Gasteiger partial charge in [0, 0.05) is 0 Å². The third kappa shape index (κ3) is 3.35. The minimum Gasteiger partial charge on any atom is -0.290 e. The van der Waals surface area contributed by atoms with Crippen molar-refractivity contribution >= 4 is 27.5 Å². The van der Waals surface area contributed by atoms with Crippen LogP contribution in [0.4, 0.5) is 0 Å². The molecule has 0 aromatic rings. The van der Waals surface area contributed by atoms with E-state index in [-0.39, 0.29) is 11.6 Å². The monoisotopic (exact) mass is 202 g/mol. The third-order valence-corrected chi connectivity index (χ3v) is 0.824. The number of ketones is 2. The lowest BCUT2D eigenvalue weighted by molar-refractivity contribution is -0.113. The van der Waals surface area contributed by atoms with Gasteiger partial charge >= 0.3 is 0 Å². The quantitative estimate of drug-likeness (QED) is 0.438. The van der Waals surface area contributed by atoms with Gasteiger partial charge in [0.05, 0.1) is 0 Å². The van der Waals surface area contributed by atoms with Crippen molar-refractivity contribution in [1.29, 1.82) is 0 Å². The fourth-order valence-electron chi connectivity index (χ4n) is 0.440. The smallest absolute Gasteiger partial charge is 0.178 e. The first kappa shape index (κ1) is 9.30. The highest BCUT2D eigenvalue weighted by Crippen LogP contribution is 1.90. The number of carbonyl (C=O) groups excluding carboxylic acids is 2. The Morgan fingerprint density at radius 2 is 1.10 bits per heavy atom. The van der Waals surface area contributed by atoms with Gasteiger partial charge in [-0.25, -0.2) is 0 Å². The molecule has 1 aliphatic rings. The van der Waals surface area contributed by atoms with Crippen molar-refractivity contribution in [1.82, 2.24) is 0 Å². The maximum atomic E-state index is 10.3. The lowest BCUT2D eigenvalue weighted by Crippen LogP contribution is -1.97. The molecule has 0 bridgehead atoms. The summed E-state index contributed by atoms with van der Waals surface area (Å²) in [5.41, 5.74) is 0. The highest BCUT2D eigenvalue weighted by atomic mass is 79.9. The Hall–Kier alpha value is -0.700. The van der Waals surface area contributed by atoms with Gasteiger partial charge in [0.25, 0.3) is 0 Å². The molecule has 0 atom stereocenters. The van der Waals surface area contributed by atoms with E-state index < -0.39 is 0 Å². The van der Waals surface area contributed by atoms with E-state index in [1.165, 1.54) is 24.3 Å². The van der Waals surface area contributed by atoms with Crippen molar-refractivity contribution in [3.05, 3.63) is 24.3 Å². The Morgan fingerprint density at radius 1 is 0.900 bits per heavy atom. The zero-order chi connectivity index (χ0) is 7.98. The Kier molecular flexibility index (Phi) is 4.76. The first-order valence-electron chi connectivity index (χ1n) is 2.61. The van der Waals surface area contributed by atoms with Crippen LogP contribution in [-0.2, 0) is 9.59 Å². The molecule has 0 N–H and O–H groups in total. The van der Waals surface area contributed by atoms with Crippen LogP contribution >= 0.6 is 15.9 Å². The minimum atomic E-state index is -0.121. The Morgan fingerprint density at radius 3 is 1.30 bits per heavy atom. The topological polar surface area (TPSA) is 34.1 Å². The summed E-state index contributed by atoms with van der Waals surface area (Å²) in [6.07, 6.45) is 5.01. The molecule has 0 aromatic carbocycles. The molecule has 0 aliphatic heterocycles. The van der Waals surface area contributed by atoms with E-state index in [1.807, 2.05) is 5.83 Å². The molecule has 0 fully saturated rings. The number of carbonyl (C=O) groups is 2. The van der Waals surface area contributed by atoms with E-state index in [9.17, 15) is 9.59 Å². The maximum Gasteiger partial charge on any atom is 0.178 e. The van der Waals surface area contributed by atoms with E-state index in [1.54, 1.807) is 0 Å². The SMILES string of the molecule is CBr.O=C1C=CC(=O)C=C1. The first-order valence-corrected chi connectivity index (χ1v) is 4.19. The van der Waals surface area contributed by atoms with Gasteiger partial charge in [-0.3, -0.25) is 9.59 Å². The summed E-state index contributed by atoms with van der Waals surface area (Å²) < 4.78 is 0. The number of allylic oxidation sites excluding steroid dienone is 4. The average Bonchev–Trinajstić information content (AvgIpc) is 2.00. The molecule has 3 heteroatoms. The minimum absolute atomic E-state index is 0.121. The molecule has 2 nitrogen and oxygen atoms in total. The molecular weight excluding hydrogens is 196 g/mol. The molecule has 1 aliphatic carbocycles. The fourth-order valence-corrected chi connectivity index (χ4v) is 0.440. The Balaban J connectivity index is 0.000000371. The van der Waals surface area contributed by atoms with E-state index in [0.717, 1.165) is 0 Å². The van der Waals surface area contributed by atoms with E-state index >= 15 is 0 Å². The van der Waals surface area contributed by atoms with Crippen molar-refractivity contribution in [2.45, 2.75) is 0 Å². The van der Waals surface area contributed by atoms with Crippen LogP contribution in [0.1, 0.15) is 0 Å². The Bertz CT molecular complexity index is 154. The van der Waals surface area contributed by atoms with Crippen molar-refractivity contribution < 1.29 is 9.59 Å². The largest absolute Gasteiger partial charge is 0.290 e. The molecule has 1 rings (SSSR count). The zero-order valence-electron chi connectivity index (χ0n) is 5.50. The van der Waals surface area contributed by atoms with Crippen molar-refractivity contribution in [2.75, 3.05) is 5.83 Å². The molecule has 10 heavy (non-hydrogen) atoms. The standard InChI is InChI=1S/C6H4O2.CH3Br/c7-5-1-2-6(8)4-3-5;1-2/h1-4H;1H3. The summed E-state index contributed by atoms with van der Waals surface area (Å²) in [6.45, 7) is 0. The maximum absolute atomic E-state index is 10.3. The lowest BCUT2D eigenvalue weighted by Gasteiger charge is -1.87. The summed E-state index contributed by atoms with van der Waals surface area (Å²) in [4.78, 5) is 20.6. The van der Waals surface area contributed by atoms with Crippen LogP contribution in [0.25, 0.3) is 0 Å². The van der Waals surface area contributed by atoms with Gasteiger partial charge in [-0.2, -0.15) is 0 Å². The molecule has 0 amide bonds. The second-order valence-electron chi connectivity index (χ2n) is 1.47. The number of hydrogen-bond donors (Lipinski definition) is 0. The highest BCUT2D eigenvalue weighted by molar-refractivity contribution is 9.08. The summed E-state index contributed by atoms with van der Waals surface area (Å²) >= 11 is 2.94. The predicted octanol–water partition coefficient (Wildman–Crippen LogP) is 1.26. The van der Waals surface area contributed by atoms with E-state index in [0.29, 0.717) is 0 Å². The predicted molar refractivity (Wildman–Crippen MR) is 43.1 cm³/mol. The van der Waals surface area contributed by atoms with Gasteiger partial charge in [-0.05, 0) is 30.1 Å². The van der Waals surface area contributed by atoms with Gasteiger partial charge in [0.15, 0.2) is 11.6 Å². The molecule has 0 unspecified atom stereocenters. The van der Waals surface area contributed by atoms with Crippen molar-refractivity contribution in [3.8, 4) is 0 Å². The summed E-state index contributed by atoms with van der Waals surface area (Å²) in [6, 6.07) is 0. The van der Waals surface area contributed by atoms with Crippen LogP contribution in [0.15, 0.2) is 24.3 Å². The molecule has 0 radical (unpaired) electrons. The Labute approximate surface area is 67.7 Å². The molecule has 0 heterocycles. The van der Waals surface area contributed by atoms with Gasteiger partial charge in [-0.1, -0.05) is 15.9 Å².